The number of carbonyl (C=O) groups excluding carboxylic acids is 1. The highest BCUT2D eigenvalue weighted by atomic mass is 79.9. The number of para-hydroxylation sites is 1. The average molecular weight is 451 g/mol. The Labute approximate surface area is 175 Å². The van der Waals surface area contributed by atoms with E-state index in [1.807, 2.05) is 55.5 Å². The van der Waals surface area contributed by atoms with Gasteiger partial charge in [0.05, 0.1) is 11.4 Å². The molecule has 0 aliphatic rings. The van der Waals surface area contributed by atoms with Crippen molar-refractivity contribution in [3.05, 3.63) is 94.5 Å². The molecule has 1 aromatic heterocycles. The SMILES string of the molecule is Cc1ccc(-n2nc(C(=O)Nc3ccccc3F)nc2-c2ccc(Br)cc2)cc1. The molecular formula is C22H16BrFN4O. The molecule has 0 bridgehead atoms. The van der Waals surface area contributed by atoms with E-state index < -0.39 is 11.7 Å². The second-order valence-electron chi connectivity index (χ2n) is 6.45. The van der Waals surface area contributed by atoms with E-state index in [1.54, 1.807) is 16.8 Å². The minimum atomic E-state index is -0.584. The van der Waals surface area contributed by atoms with E-state index in [1.165, 1.54) is 12.1 Å². The zero-order chi connectivity index (χ0) is 20.4. The Morgan fingerprint density at radius 2 is 1.69 bits per heavy atom. The summed E-state index contributed by atoms with van der Waals surface area (Å²) in [6.45, 7) is 1.99. The van der Waals surface area contributed by atoms with Crippen LogP contribution in [0.3, 0.4) is 0 Å². The van der Waals surface area contributed by atoms with E-state index >= 15 is 0 Å². The van der Waals surface area contributed by atoms with Crippen molar-refractivity contribution in [2.45, 2.75) is 6.92 Å². The summed E-state index contributed by atoms with van der Waals surface area (Å²) >= 11 is 3.42. The maximum absolute atomic E-state index is 13.9. The van der Waals surface area contributed by atoms with Gasteiger partial charge in [0, 0.05) is 10.0 Å². The number of aryl methyl sites for hydroxylation is 1. The maximum Gasteiger partial charge on any atom is 0.295 e. The molecule has 1 amide bonds. The lowest BCUT2D eigenvalue weighted by atomic mass is 10.2. The van der Waals surface area contributed by atoms with Gasteiger partial charge in [-0.2, -0.15) is 0 Å². The zero-order valence-electron chi connectivity index (χ0n) is 15.4. The fourth-order valence-corrected chi connectivity index (χ4v) is 3.07. The summed E-state index contributed by atoms with van der Waals surface area (Å²) in [5, 5.41) is 6.92. The lowest BCUT2D eigenvalue weighted by Gasteiger charge is -2.06. The number of rotatable bonds is 4. The van der Waals surface area contributed by atoms with Crippen LogP contribution in [-0.2, 0) is 0 Å². The van der Waals surface area contributed by atoms with Crippen molar-refractivity contribution in [3.63, 3.8) is 0 Å². The third-order valence-corrected chi connectivity index (χ3v) is 4.84. The Balaban J connectivity index is 1.76. The van der Waals surface area contributed by atoms with Crippen LogP contribution in [0.2, 0.25) is 0 Å². The monoisotopic (exact) mass is 450 g/mol. The van der Waals surface area contributed by atoms with Crippen molar-refractivity contribution in [1.82, 2.24) is 14.8 Å². The third-order valence-electron chi connectivity index (χ3n) is 4.31. The smallest absolute Gasteiger partial charge is 0.295 e. The number of halogens is 2. The third kappa shape index (κ3) is 4.09. The summed E-state index contributed by atoms with van der Waals surface area (Å²) in [5.41, 5.74) is 2.75. The number of carbonyl (C=O) groups is 1. The molecule has 0 aliphatic carbocycles. The van der Waals surface area contributed by atoms with Gasteiger partial charge in [-0.1, -0.05) is 57.9 Å². The first-order chi connectivity index (χ1) is 14.0. The number of nitrogens with zero attached hydrogens (tertiary/aromatic N) is 3. The van der Waals surface area contributed by atoms with E-state index in [0.717, 1.165) is 21.3 Å². The van der Waals surface area contributed by atoms with Gasteiger partial charge in [0.15, 0.2) is 5.82 Å². The van der Waals surface area contributed by atoms with Crippen LogP contribution in [0, 0.1) is 12.7 Å². The van der Waals surface area contributed by atoms with Crippen molar-refractivity contribution < 1.29 is 9.18 Å². The molecule has 0 unspecified atom stereocenters. The fourth-order valence-electron chi connectivity index (χ4n) is 2.80. The molecule has 3 aromatic carbocycles. The van der Waals surface area contributed by atoms with Crippen LogP contribution in [0.25, 0.3) is 17.1 Å². The van der Waals surface area contributed by atoms with Gasteiger partial charge >= 0.3 is 0 Å². The van der Waals surface area contributed by atoms with Crippen LogP contribution in [0.4, 0.5) is 10.1 Å². The number of anilines is 1. The molecule has 0 fully saturated rings. The topological polar surface area (TPSA) is 59.8 Å². The second-order valence-corrected chi connectivity index (χ2v) is 7.36. The average Bonchev–Trinajstić information content (AvgIpc) is 3.16. The van der Waals surface area contributed by atoms with E-state index in [2.05, 4.69) is 31.3 Å². The number of benzene rings is 3. The first-order valence-corrected chi connectivity index (χ1v) is 9.66. The summed E-state index contributed by atoms with van der Waals surface area (Å²) < 4.78 is 16.4. The van der Waals surface area contributed by atoms with Gasteiger partial charge in [0.25, 0.3) is 5.91 Å². The Morgan fingerprint density at radius 3 is 2.38 bits per heavy atom. The molecule has 144 valence electrons. The van der Waals surface area contributed by atoms with Crippen molar-refractivity contribution in [2.24, 2.45) is 0 Å². The quantitative estimate of drug-likeness (QED) is 0.452. The highest BCUT2D eigenvalue weighted by molar-refractivity contribution is 9.10. The normalized spacial score (nSPS) is 10.7. The number of aromatic nitrogens is 3. The Morgan fingerprint density at radius 1 is 1.00 bits per heavy atom. The second kappa shape index (κ2) is 7.97. The largest absolute Gasteiger partial charge is 0.317 e. The van der Waals surface area contributed by atoms with Crippen LogP contribution in [0.5, 0.6) is 0 Å². The standard InChI is InChI=1S/C22H16BrFN4O/c1-14-6-12-17(13-7-14)28-21(15-8-10-16(23)11-9-15)26-20(27-28)22(29)25-19-5-3-2-4-18(19)24/h2-13H,1H3,(H,25,29). The van der Waals surface area contributed by atoms with Gasteiger partial charge in [-0.25, -0.2) is 14.1 Å². The molecule has 0 radical (unpaired) electrons. The van der Waals surface area contributed by atoms with Crippen molar-refractivity contribution in [2.75, 3.05) is 5.32 Å². The van der Waals surface area contributed by atoms with Gasteiger partial charge in [-0.3, -0.25) is 4.79 Å². The summed E-state index contributed by atoms with van der Waals surface area (Å²) in [7, 11) is 0. The van der Waals surface area contributed by atoms with Gasteiger partial charge in [-0.05, 0) is 43.3 Å². The molecule has 5 nitrogen and oxygen atoms in total. The van der Waals surface area contributed by atoms with E-state index in [4.69, 9.17) is 0 Å². The highest BCUT2D eigenvalue weighted by Gasteiger charge is 2.19. The van der Waals surface area contributed by atoms with E-state index in [-0.39, 0.29) is 11.5 Å². The van der Waals surface area contributed by atoms with Crippen molar-refractivity contribution in [1.29, 1.82) is 0 Å². The van der Waals surface area contributed by atoms with Crippen molar-refractivity contribution >= 4 is 27.5 Å². The molecule has 1 N–H and O–H groups in total. The predicted molar refractivity (Wildman–Crippen MR) is 114 cm³/mol. The summed E-state index contributed by atoms with van der Waals surface area (Å²) in [6.07, 6.45) is 0. The first-order valence-electron chi connectivity index (χ1n) is 8.87. The van der Waals surface area contributed by atoms with Crippen LogP contribution < -0.4 is 5.32 Å². The molecule has 0 saturated heterocycles. The molecule has 1 heterocycles. The predicted octanol–water partition coefficient (Wildman–Crippen LogP) is 5.40. The minimum absolute atomic E-state index is 0.0493. The summed E-state index contributed by atoms with van der Waals surface area (Å²) in [4.78, 5) is 17.1. The summed E-state index contributed by atoms with van der Waals surface area (Å²) in [6, 6.07) is 21.3. The Hall–Kier alpha value is -3.32. The van der Waals surface area contributed by atoms with Gasteiger partial charge in [-0.15, -0.1) is 5.10 Å². The Bertz CT molecular complexity index is 1110. The van der Waals surface area contributed by atoms with Gasteiger partial charge in [0.1, 0.15) is 5.82 Å². The lowest BCUT2D eigenvalue weighted by Crippen LogP contribution is -2.15. The van der Waals surface area contributed by atoms with E-state index in [9.17, 15) is 9.18 Å². The summed E-state index contributed by atoms with van der Waals surface area (Å²) in [5.74, 6) is -0.641. The fraction of sp³-hybridized carbons (Fsp3) is 0.0455. The van der Waals surface area contributed by atoms with Crippen LogP contribution >= 0.6 is 15.9 Å². The first kappa shape index (κ1) is 19.0. The molecule has 0 atom stereocenters. The minimum Gasteiger partial charge on any atom is -0.317 e. The van der Waals surface area contributed by atoms with Gasteiger partial charge in [0.2, 0.25) is 5.82 Å². The maximum atomic E-state index is 13.9. The Kier molecular flexibility index (Phi) is 5.22. The number of nitrogens with one attached hydrogen (secondary N) is 1. The molecule has 7 heteroatoms. The van der Waals surface area contributed by atoms with Crippen molar-refractivity contribution in [3.8, 4) is 17.1 Å². The number of hydrogen-bond acceptors (Lipinski definition) is 3. The van der Waals surface area contributed by atoms with Crippen LogP contribution in [0.15, 0.2) is 77.3 Å². The highest BCUT2D eigenvalue weighted by Crippen LogP contribution is 2.24. The molecular weight excluding hydrogens is 435 g/mol. The number of hydrogen-bond donors (Lipinski definition) is 1. The molecule has 0 aliphatic heterocycles. The lowest BCUT2D eigenvalue weighted by molar-refractivity contribution is 0.101. The van der Waals surface area contributed by atoms with Gasteiger partial charge < -0.3 is 5.32 Å². The molecule has 29 heavy (non-hydrogen) atoms. The van der Waals surface area contributed by atoms with Crippen LogP contribution in [0.1, 0.15) is 16.2 Å². The molecule has 4 aromatic rings. The zero-order valence-corrected chi connectivity index (χ0v) is 17.0. The molecule has 4 rings (SSSR count). The van der Waals surface area contributed by atoms with Crippen LogP contribution in [-0.4, -0.2) is 20.7 Å². The molecule has 0 saturated carbocycles. The van der Waals surface area contributed by atoms with E-state index in [0.29, 0.717) is 5.82 Å². The molecule has 0 spiro atoms. The number of amides is 1.